The first kappa shape index (κ1) is 19.1. The Balaban J connectivity index is 1.73. The van der Waals surface area contributed by atoms with Gasteiger partial charge in [0, 0.05) is 17.4 Å². The van der Waals surface area contributed by atoms with Crippen molar-refractivity contribution in [3.8, 4) is 0 Å². The van der Waals surface area contributed by atoms with Crippen LogP contribution in [-0.4, -0.2) is 30.4 Å². The number of piperidine rings is 1. The molecular formula is C20H28ClN3O2. The van der Waals surface area contributed by atoms with Gasteiger partial charge in [0.15, 0.2) is 0 Å². The second kappa shape index (κ2) is 8.31. The maximum atomic E-state index is 11.3. The highest BCUT2D eigenvalue weighted by atomic mass is 35.5. The van der Waals surface area contributed by atoms with Gasteiger partial charge in [-0.2, -0.15) is 0 Å². The van der Waals surface area contributed by atoms with E-state index in [1.165, 1.54) is 32.2 Å². The molecule has 142 valence electrons. The van der Waals surface area contributed by atoms with Crippen LogP contribution in [0.1, 0.15) is 43.9 Å². The Labute approximate surface area is 159 Å². The fourth-order valence-corrected chi connectivity index (χ4v) is 4.04. The van der Waals surface area contributed by atoms with E-state index in [2.05, 4.69) is 11.8 Å². The number of benzene rings is 1. The summed E-state index contributed by atoms with van der Waals surface area (Å²) in [4.78, 5) is 13.9. The van der Waals surface area contributed by atoms with E-state index in [0.717, 1.165) is 30.7 Å². The van der Waals surface area contributed by atoms with Crippen molar-refractivity contribution in [3.05, 3.63) is 28.5 Å². The lowest BCUT2D eigenvalue weighted by Gasteiger charge is -2.31. The van der Waals surface area contributed by atoms with Gasteiger partial charge < -0.3 is 20.8 Å². The van der Waals surface area contributed by atoms with Crippen LogP contribution in [0.4, 0.5) is 5.69 Å². The molecule has 0 atom stereocenters. The first-order chi connectivity index (χ1) is 12.5. The van der Waals surface area contributed by atoms with Crippen LogP contribution in [0.15, 0.2) is 16.5 Å². The van der Waals surface area contributed by atoms with Crippen molar-refractivity contribution in [2.45, 2.75) is 45.4 Å². The van der Waals surface area contributed by atoms with Crippen molar-refractivity contribution in [2.24, 2.45) is 11.7 Å². The Bertz CT molecular complexity index is 779. The van der Waals surface area contributed by atoms with E-state index in [1.54, 1.807) is 6.07 Å². The average molecular weight is 378 g/mol. The number of unbranched alkanes of at least 4 members (excludes halogenated alkanes) is 1. The van der Waals surface area contributed by atoms with E-state index in [1.807, 2.05) is 6.07 Å². The number of carbonyl (C=O) groups excluding carboxylic acids is 1. The van der Waals surface area contributed by atoms with E-state index < -0.39 is 5.91 Å². The van der Waals surface area contributed by atoms with Gasteiger partial charge in [0.2, 0.25) is 5.91 Å². The van der Waals surface area contributed by atoms with Crippen LogP contribution in [0, 0.1) is 5.92 Å². The number of nitrogens with zero attached hydrogens (tertiary/aromatic N) is 1. The molecule has 1 aromatic heterocycles. The SMILES string of the molecule is CCCCN1CCC(Cc2cc3c(N)c(Cl)cc(CC(N)=O)c3o2)CC1. The van der Waals surface area contributed by atoms with E-state index in [0.29, 0.717) is 27.8 Å². The third-order valence-electron chi connectivity index (χ3n) is 5.31. The zero-order valence-electron chi connectivity index (χ0n) is 15.4. The van der Waals surface area contributed by atoms with Crippen LogP contribution >= 0.6 is 11.6 Å². The number of likely N-dealkylation sites (tertiary alicyclic amines) is 1. The number of hydrogen-bond acceptors (Lipinski definition) is 4. The van der Waals surface area contributed by atoms with Crippen molar-refractivity contribution < 1.29 is 9.21 Å². The number of carbonyl (C=O) groups is 1. The van der Waals surface area contributed by atoms with Gasteiger partial charge >= 0.3 is 0 Å². The van der Waals surface area contributed by atoms with Gasteiger partial charge in [0.25, 0.3) is 0 Å². The molecule has 4 N–H and O–H groups in total. The fourth-order valence-electron chi connectivity index (χ4n) is 3.81. The smallest absolute Gasteiger partial charge is 0.221 e. The van der Waals surface area contributed by atoms with Crippen LogP contribution in [0.25, 0.3) is 11.0 Å². The minimum absolute atomic E-state index is 0.0965. The topological polar surface area (TPSA) is 85.5 Å². The molecule has 26 heavy (non-hydrogen) atoms. The Morgan fingerprint density at radius 3 is 2.73 bits per heavy atom. The number of furan rings is 1. The molecule has 0 unspecified atom stereocenters. The Hall–Kier alpha value is -1.72. The Morgan fingerprint density at radius 2 is 2.08 bits per heavy atom. The molecule has 1 saturated heterocycles. The molecule has 1 aliphatic heterocycles. The molecule has 1 amide bonds. The molecule has 1 aliphatic rings. The third-order valence-corrected chi connectivity index (χ3v) is 5.63. The average Bonchev–Trinajstić information content (AvgIpc) is 3.03. The molecular weight excluding hydrogens is 350 g/mol. The molecule has 6 heteroatoms. The monoisotopic (exact) mass is 377 g/mol. The van der Waals surface area contributed by atoms with Gasteiger partial charge in [-0.1, -0.05) is 24.9 Å². The zero-order valence-corrected chi connectivity index (χ0v) is 16.1. The first-order valence-electron chi connectivity index (χ1n) is 9.47. The molecule has 0 radical (unpaired) electrons. The number of fused-ring (bicyclic) bond motifs is 1. The molecule has 0 aliphatic carbocycles. The van der Waals surface area contributed by atoms with Crippen LogP contribution in [0.3, 0.4) is 0 Å². The predicted molar refractivity (Wildman–Crippen MR) is 106 cm³/mol. The summed E-state index contributed by atoms with van der Waals surface area (Å²) in [5.41, 5.74) is 13.3. The minimum atomic E-state index is -0.412. The number of hydrogen-bond donors (Lipinski definition) is 2. The van der Waals surface area contributed by atoms with Crippen molar-refractivity contribution in [1.29, 1.82) is 0 Å². The lowest BCUT2D eigenvalue weighted by atomic mass is 9.92. The Kier molecular flexibility index (Phi) is 6.09. The third kappa shape index (κ3) is 4.33. The first-order valence-corrected chi connectivity index (χ1v) is 9.85. The number of nitrogens with two attached hydrogens (primary N) is 2. The van der Waals surface area contributed by atoms with E-state index in [-0.39, 0.29) is 6.42 Å². The molecule has 2 heterocycles. The highest BCUT2D eigenvalue weighted by Crippen LogP contribution is 2.35. The summed E-state index contributed by atoms with van der Waals surface area (Å²) in [6, 6.07) is 3.66. The maximum Gasteiger partial charge on any atom is 0.221 e. The van der Waals surface area contributed by atoms with Crippen molar-refractivity contribution in [1.82, 2.24) is 4.90 Å². The largest absolute Gasteiger partial charge is 0.461 e. The molecule has 3 rings (SSSR count). The van der Waals surface area contributed by atoms with Crippen LogP contribution in [0.5, 0.6) is 0 Å². The lowest BCUT2D eigenvalue weighted by Crippen LogP contribution is -2.34. The molecule has 0 bridgehead atoms. The number of anilines is 1. The van der Waals surface area contributed by atoms with Gasteiger partial charge in [-0.3, -0.25) is 4.79 Å². The van der Waals surface area contributed by atoms with E-state index in [9.17, 15) is 4.79 Å². The Morgan fingerprint density at radius 1 is 1.35 bits per heavy atom. The summed E-state index contributed by atoms with van der Waals surface area (Å²) in [7, 11) is 0. The normalized spacial score (nSPS) is 16.4. The number of amides is 1. The highest BCUT2D eigenvalue weighted by molar-refractivity contribution is 6.34. The summed E-state index contributed by atoms with van der Waals surface area (Å²) in [6.45, 7) is 5.76. The molecule has 5 nitrogen and oxygen atoms in total. The van der Waals surface area contributed by atoms with Crippen LogP contribution in [0.2, 0.25) is 5.02 Å². The molecule has 0 saturated carbocycles. The maximum absolute atomic E-state index is 11.3. The van der Waals surface area contributed by atoms with Gasteiger partial charge in [0.05, 0.1) is 17.1 Å². The van der Waals surface area contributed by atoms with Gasteiger partial charge in [-0.05, 0) is 56.9 Å². The second-order valence-corrected chi connectivity index (χ2v) is 7.78. The van der Waals surface area contributed by atoms with E-state index >= 15 is 0 Å². The number of halogens is 1. The highest BCUT2D eigenvalue weighted by Gasteiger charge is 2.22. The number of primary amides is 1. The van der Waals surface area contributed by atoms with Gasteiger partial charge in [-0.25, -0.2) is 0 Å². The summed E-state index contributed by atoms with van der Waals surface area (Å²) in [6.07, 6.45) is 5.88. The molecule has 2 aromatic rings. The molecule has 1 aromatic carbocycles. The standard InChI is InChI=1S/C20H28ClN3O2/c1-2-3-6-24-7-4-13(5-8-24)9-15-12-16-19(23)17(21)10-14(11-18(22)25)20(16)26-15/h10,12-13H,2-9,11,23H2,1H3,(H2,22,25). The van der Waals surface area contributed by atoms with Crippen LogP contribution < -0.4 is 11.5 Å². The van der Waals surface area contributed by atoms with Gasteiger partial charge in [-0.15, -0.1) is 0 Å². The summed E-state index contributed by atoms with van der Waals surface area (Å²) in [5.74, 6) is 1.11. The van der Waals surface area contributed by atoms with Crippen molar-refractivity contribution >= 4 is 34.2 Å². The number of rotatable bonds is 7. The number of nitrogen functional groups attached to an aromatic ring is 1. The van der Waals surface area contributed by atoms with Gasteiger partial charge in [0.1, 0.15) is 11.3 Å². The molecule has 1 fully saturated rings. The fraction of sp³-hybridized carbons (Fsp3) is 0.550. The second-order valence-electron chi connectivity index (χ2n) is 7.37. The summed E-state index contributed by atoms with van der Waals surface area (Å²) >= 11 is 6.21. The summed E-state index contributed by atoms with van der Waals surface area (Å²) < 4.78 is 6.07. The minimum Gasteiger partial charge on any atom is -0.461 e. The lowest BCUT2D eigenvalue weighted by molar-refractivity contribution is -0.117. The van der Waals surface area contributed by atoms with E-state index in [4.69, 9.17) is 27.5 Å². The van der Waals surface area contributed by atoms with Crippen molar-refractivity contribution in [3.63, 3.8) is 0 Å². The predicted octanol–water partition coefficient (Wildman–Crippen LogP) is 3.75. The molecule has 0 spiro atoms. The van der Waals surface area contributed by atoms with Crippen molar-refractivity contribution in [2.75, 3.05) is 25.4 Å². The summed E-state index contributed by atoms with van der Waals surface area (Å²) in [5, 5.41) is 1.22. The quantitative estimate of drug-likeness (QED) is 0.719. The zero-order chi connectivity index (χ0) is 18.7. The van der Waals surface area contributed by atoms with Crippen LogP contribution in [-0.2, 0) is 17.6 Å².